The van der Waals surface area contributed by atoms with Gasteiger partial charge in [-0.05, 0) is 47.8 Å². The Morgan fingerprint density at radius 1 is 1.47 bits per heavy atom. The lowest BCUT2D eigenvalue weighted by Crippen LogP contribution is -2.03. The Hall–Kier alpha value is -1.31. The van der Waals surface area contributed by atoms with Crippen LogP contribution in [-0.2, 0) is 17.6 Å². The van der Waals surface area contributed by atoms with Gasteiger partial charge in [-0.1, -0.05) is 32.0 Å². The van der Waals surface area contributed by atoms with Gasteiger partial charge in [-0.2, -0.15) is 0 Å². The minimum Gasteiger partial charge on any atom is -0.481 e. The van der Waals surface area contributed by atoms with Crippen molar-refractivity contribution in [3.63, 3.8) is 0 Å². The Kier molecular flexibility index (Phi) is 3.51. The molecule has 2 heteroatoms. The van der Waals surface area contributed by atoms with Crippen molar-refractivity contribution < 1.29 is 9.90 Å². The molecule has 1 aromatic rings. The molecule has 0 saturated carbocycles. The molecule has 92 valence electrons. The number of carboxylic acid groups (broad SMARTS) is 1. The Morgan fingerprint density at radius 2 is 2.24 bits per heavy atom. The number of hydrogen-bond acceptors (Lipinski definition) is 1. The van der Waals surface area contributed by atoms with Crippen molar-refractivity contribution in [2.24, 2.45) is 5.92 Å². The fourth-order valence-electron chi connectivity index (χ4n) is 2.84. The van der Waals surface area contributed by atoms with E-state index in [9.17, 15) is 4.79 Å². The molecule has 0 aromatic heterocycles. The second kappa shape index (κ2) is 4.91. The Bertz CT molecular complexity index is 421. The summed E-state index contributed by atoms with van der Waals surface area (Å²) in [6, 6.07) is 6.20. The van der Waals surface area contributed by atoms with Crippen LogP contribution in [0.2, 0.25) is 0 Å². The predicted molar refractivity (Wildman–Crippen MR) is 68.3 cm³/mol. The molecular formula is C15H20O2. The fourth-order valence-corrected chi connectivity index (χ4v) is 2.84. The van der Waals surface area contributed by atoms with Gasteiger partial charge in [-0.25, -0.2) is 0 Å². The number of hydrogen-bond donors (Lipinski definition) is 1. The molecule has 1 unspecified atom stereocenters. The Labute approximate surface area is 103 Å². The molecule has 0 amide bonds. The first kappa shape index (κ1) is 12.2. The van der Waals surface area contributed by atoms with Crippen molar-refractivity contribution in [1.82, 2.24) is 0 Å². The zero-order valence-electron chi connectivity index (χ0n) is 10.6. The Balaban J connectivity index is 2.21. The van der Waals surface area contributed by atoms with Gasteiger partial charge in [0.1, 0.15) is 0 Å². The van der Waals surface area contributed by atoms with E-state index in [1.807, 2.05) is 6.07 Å². The largest absolute Gasteiger partial charge is 0.481 e. The third-order valence-corrected chi connectivity index (χ3v) is 3.52. The Morgan fingerprint density at radius 3 is 2.88 bits per heavy atom. The van der Waals surface area contributed by atoms with Crippen molar-refractivity contribution in [3.05, 3.63) is 34.9 Å². The number of benzene rings is 1. The molecule has 1 aliphatic rings. The third kappa shape index (κ3) is 2.87. The summed E-state index contributed by atoms with van der Waals surface area (Å²) in [6.45, 7) is 4.50. The van der Waals surface area contributed by atoms with Gasteiger partial charge in [0.05, 0.1) is 6.42 Å². The van der Waals surface area contributed by atoms with Gasteiger partial charge in [0.25, 0.3) is 0 Å². The molecule has 0 aliphatic heterocycles. The van der Waals surface area contributed by atoms with Gasteiger partial charge in [0.15, 0.2) is 0 Å². The summed E-state index contributed by atoms with van der Waals surface area (Å²) >= 11 is 0. The fraction of sp³-hybridized carbons (Fsp3) is 0.533. The van der Waals surface area contributed by atoms with E-state index in [1.165, 1.54) is 24.0 Å². The first-order valence-corrected chi connectivity index (χ1v) is 6.39. The molecule has 0 fully saturated rings. The summed E-state index contributed by atoms with van der Waals surface area (Å²) in [5, 5.41) is 8.83. The average Bonchev–Trinajstić information content (AvgIpc) is 2.59. The van der Waals surface area contributed by atoms with E-state index in [1.54, 1.807) is 0 Å². The zero-order valence-corrected chi connectivity index (χ0v) is 10.6. The van der Waals surface area contributed by atoms with Gasteiger partial charge >= 0.3 is 5.97 Å². The molecule has 0 radical (unpaired) electrons. The van der Waals surface area contributed by atoms with Crippen molar-refractivity contribution in [1.29, 1.82) is 0 Å². The summed E-state index contributed by atoms with van der Waals surface area (Å²) in [4.78, 5) is 10.7. The van der Waals surface area contributed by atoms with Crippen molar-refractivity contribution in [3.8, 4) is 0 Å². The van der Waals surface area contributed by atoms with E-state index >= 15 is 0 Å². The topological polar surface area (TPSA) is 37.3 Å². The molecule has 1 aromatic carbocycles. The minimum absolute atomic E-state index is 0.141. The summed E-state index contributed by atoms with van der Waals surface area (Å²) < 4.78 is 0. The van der Waals surface area contributed by atoms with Crippen LogP contribution < -0.4 is 0 Å². The van der Waals surface area contributed by atoms with Crippen LogP contribution >= 0.6 is 0 Å². The lowest BCUT2D eigenvalue weighted by Gasteiger charge is -2.14. The molecule has 1 atom stereocenters. The monoisotopic (exact) mass is 232 g/mol. The second-order valence-corrected chi connectivity index (χ2v) is 5.47. The molecule has 0 spiro atoms. The van der Waals surface area contributed by atoms with E-state index in [2.05, 4.69) is 26.0 Å². The smallest absolute Gasteiger partial charge is 0.307 e. The van der Waals surface area contributed by atoms with Gasteiger partial charge in [0, 0.05) is 0 Å². The normalized spacial score (nSPS) is 18.4. The van der Waals surface area contributed by atoms with Crippen LogP contribution in [0.25, 0.3) is 0 Å². The van der Waals surface area contributed by atoms with Crippen molar-refractivity contribution in [2.75, 3.05) is 0 Å². The SMILES string of the molecule is CC(C)CC1CCc2ccc(CC(=O)O)cc21. The number of aryl methyl sites for hydroxylation is 1. The molecule has 0 heterocycles. The zero-order chi connectivity index (χ0) is 12.4. The molecule has 2 nitrogen and oxygen atoms in total. The highest BCUT2D eigenvalue weighted by molar-refractivity contribution is 5.70. The van der Waals surface area contributed by atoms with E-state index < -0.39 is 5.97 Å². The molecule has 17 heavy (non-hydrogen) atoms. The van der Waals surface area contributed by atoms with Gasteiger partial charge in [0.2, 0.25) is 0 Å². The highest BCUT2D eigenvalue weighted by Gasteiger charge is 2.23. The molecule has 0 bridgehead atoms. The molecule has 1 aliphatic carbocycles. The van der Waals surface area contributed by atoms with Crippen LogP contribution in [0.15, 0.2) is 18.2 Å². The van der Waals surface area contributed by atoms with E-state index in [0.717, 1.165) is 12.0 Å². The number of carbonyl (C=O) groups is 1. The summed E-state index contributed by atoms with van der Waals surface area (Å²) in [5.41, 5.74) is 3.76. The third-order valence-electron chi connectivity index (χ3n) is 3.52. The van der Waals surface area contributed by atoms with E-state index in [-0.39, 0.29) is 6.42 Å². The van der Waals surface area contributed by atoms with Crippen LogP contribution in [0, 0.1) is 5.92 Å². The van der Waals surface area contributed by atoms with Gasteiger partial charge < -0.3 is 5.11 Å². The van der Waals surface area contributed by atoms with E-state index in [0.29, 0.717) is 11.8 Å². The minimum atomic E-state index is -0.747. The van der Waals surface area contributed by atoms with Crippen molar-refractivity contribution in [2.45, 2.75) is 45.4 Å². The summed E-state index contributed by atoms with van der Waals surface area (Å²) in [6.07, 6.45) is 3.73. The van der Waals surface area contributed by atoms with Crippen LogP contribution in [-0.4, -0.2) is 11.1 Å². The molecule has 0 saturated heterocycles. The van der Waals surface area contributed by atoms with Crippen LogP contribution in [0.5, 0.6) is 0 Å². The van der Waals surface area contributed by atoms with Crippen LogP contribution in [0.1, 0.15) is 49.3 Å². The molecule has 1 N–H and O–H groups in total. The lowest BCUT2D eigenvalue weighted by molar-refractivity contribution is -0.136. The first-order chi connectivity index (χ1) is 8.06. The standard InChI is InChI=1S/C15H20O2/c1-10(2)7-13-6-5-12-4-3-11(8-14(12)13)9-15(16)17/h3-4,8,10,13H,5-7,9H2,1-2H3,(H,16,17). The molecular weight excluding hydrogens is 212 g/mol. The highest BCUT2D eigenvalue weighted by Crippen LogP contribution is 2.37. The second-order valence-electron chi connectivity index (χ2n) is 5.47. The number of aliphatic carboxylic acids is 1. The van der Waals surface area contributed by atoms with Crippen molar-refractivity contribution >= 4 is 5.97 Å². The maximum absolute atomic E-state index is 10.7. The maximum atomic E-state index is 10.7. The maximum Gasteiger partial charge on any atom is 0.307 e. The first-order valence-electron chi connectivity index (χ1n) is 6.39. The summed E-state index contributed by atoms with van der Waals surface area (Å²) in [5.74, 6) is 0.594. The number of fused-ring (bicyclic) bond motifs is 1. The van der Waals surface area contributed by atoms with E-state index in [4.69, 9.17) is 5.11 Å². The lowest BCUT2D eigenvalue weighted by atomic mass is 9.91. The molecule has 2 rings (SSSR count). The average molecular weight is 232 g/mol. The predicted octanol–water partition coefficient (Wildman–Crippen LogP) is 3.39. The van der Waals surface area contributed by atoms with Crippen LogP contribution in [0.3, 0.4) is 0 Å². The summed E-state index contributed by atoms with van der Waals surface area (Å²) in [7, 11) is 0. The highest BCUT2D eigenvalue weighted by atomic mass is 16.4. The number of carboxylic acids is 1. The van der Waals surface area contributed by atoms with Gasteiger partial charge in [-0.15, -0.1) is 0 Å². The number of rotatable bonds is 4. The quantitative estimate of drug-likeness (QED) is 0.864. The van der Waals surface area contributed by atoms with Gasteiger partial charge in [-0.3, -0.25) is 4.79 Å². The van der Waals surface area contributed by atoms with Crippen LogP contribution in [0.4, 0.5) is 0 Å².